The lowest BCUT2D eigenvalue weighted by atomic mass is 10.1. The molecule has 0 bridgehead atoms. The molecule has 1 rings (SSSR count). The van der Waals surface area contributed by atoms with Crippen molar-refractivity contribution >= 4 is 5.97 Å². The molecular weight excluding hydrogens is 275 g/mol. The van der Waals surface area contributed by atoms with Gasteiger partial charge in [-0.2, -0.15) is 0 Å². The number of carboxylic acids is 1. The van der Waals surface area contributed by atoms with Gasteiger partial charge in [-0.05, 0) is 31.7 Å². The lowest BCUT2D eigenvalue weighted by Gasteiger charge is -2.24. The van der Waals surface area contributed by atoms with Crippen LogP contribution in [0.4, 0.5) is 13.2 Å². The van der Waals surface area contributed by atoms with Crippen molar-refractivity contribution in [2.24, 2.45) is 0 Å². The first-order valence-electron chi connectivity index (χ1n) is 5.97. The quantitative estimate of drug-likeness (QED) is 0.875. The van der Waals surface area contributed by atoms with Crippen LogP contribution in [0.3, 0.4) is 0 Å². The van der Waals surface area contributed by atoms with E-state index in [2.05, 4.69) is 4.74 Å². The normalized spacial score (nSPS) is 13.3. The monoisotopic (exact) mass is 291 g/mol. The molecule has 7 heteroatoms. The van der Waals surface area contributed by atoms with Crippen molar-refractivity contribution in [2.45, 2.75) is 25.7 Å². The predicted molar refractivity (Wildman–Crippen MR) is 66.4 cm³/mol. The van der Waals surface area contributed by atoms with E-state index in [9.17, 15) is 18.0 Å². The van der Waals surface area contributed by atoms with Crippen LogP contribution in [0.15, 0.2) is 24.3 Å². The van der Waals surface area contributed by atoms with Crippen molar-refractivity contribution in [3.05, 3.63) is 29.8 Å². The zero-order valence-corrected chi connectivity index (χ0v) is 11.1. The van der Waals surface area contributed by atoms with Gasteiger partial charge in [-0.3, -0.25) is 9.69 Å². The first-order valence-corrected chi connectivity index (χ1v) is 5.97. The van der Waals surface area contributed by atoms with E-state index in [1.165, 1.54) is 24.3 Å². The minimum absolute atomic E-state index is 0.0100. The number of hydrogen-bond acceptors (Lipinski definition) is 3. The molecule has 1 aromatic carbocycles. The summed E-state index contributed by atoms with van der Waals surface area (Å²) in [4.78, 5) is 12.3. The molecule has 0 amide bonds. The number of hydrogen-bond donors (Lipinski definition) is 1. The topological polar surface area (TPSA) is 49.8 Å². The van der Waals surface area contributed by atoms with Crippen LogP contribution >= 0.6 is 0 Å². The summed E-state index contributed by atoms with van der Waals surface area (Å²) >= 11 is 0. The van der Waals surface area contributed by atoms with Gasteiger partial charge in [0, 0.05) is 12.6 Å². The number of carbonyl (C=O) groups is 1. The fraction of sp³-hybridized carbons (Fsp3) is 0.462. The lowest BCUT2D eigenvalue weighted by molar-refractivity contribution is -0.274. The van der Waals surface area contributed by atoms with Gasteiger partial charge in [0.05, 0.1) is 6.42 Å². The zero-order chi connectivity index (χ0) is 15.3. The number of rotatable bonds is 6. The Morgan fingerprint density at radius 3 is 2.35 bits per heavy atom. The molecule has 0 heterocycles. The van der Waals surface area contributed by atoms with Gasteiger partial charge < -0.3 is 9.84 Å². The molecule has 0 saturated carbocycles. The minimum Gasteiger partial charge on any atom is -0.481 e. The van der Waals surface area contributed by atoms with Crippen LogP contribution in [-0.2, 0) is 4.79 Å². The number of ether oxygens (including phenoxy) is 1. The summed E-state index contributed by atoms with van der Waals surface area (Å²) in [6, 6.07) is 5.44. The minimum atomic E-state index is -4.70. The molecule has 0 radical (unpaired) electrons. The van der Waals surface area contributed by atoms with E-state index in [1.54, 1.807) is 7.05 Å². The van der Waals surface area contributed by atoms with E-state index in [0.717, 1.165) is 5.56 Å². The standard InChI is InChI=1S/C13H16F3NO3/c1-9(17(2)8-7-12(18)19)10-3-5-11(6-4-10)20-13(14,15)16/h3-6,9H,7-8H2,1-2H3,(H,18,19). The van der Waals surface area contributed by atoms with Crippen molar-refractivity contribution in [1.29, 1.82) is 0 Å². The second-order valence-electron chi connectivity index (χ2n) is 4.42. The van der Waals surface area contributed by atoms with Crippen molar-refractivity contribution in [3.63, 3.8) is 0 Å². The average Bonchev–Trinajstić information content (AvgIpc) is 2.34. The van der Waals surface area contributed by atoms with Gasteiger partial charge in [-0.25, -0.2) is 0 Å². The third-order valence-corrected chi connectivity index (χ3v) is 2.94. The Kier molecular flexibility index (Phi) is 5.38. The highest BCUT2D eigenvalue weighted by Crippen LogP contribution is 2.25. The SMILES string of the molecule is CC(c1ccc(OC(F)(F)F)cc1)N(C)CCC(=O)O. The van der Waals surface area contributed by atoms with Crippen molar-refractivity contribution in [2.75, 3.05) is 13.6 Å². The second-order valence-corrected chi connectivity index (χ2v) is 4.42. The van der Waals surface area contributed by atoms with Gasteiger partial charge in [-0.15, -0.1) is 13.2 Å². The lowest BCUT2D eigenvalue weighted by Crippen LogP contribution is -2.25. The molecule has 1 aromatic rings. The molecular formula is C13H16F3NO3. The van der Waals surface area contributed by atoms with Crippen LogP contribution in [0.25, 0.3) is 0 Å². The number of aliphatic carboxylic acids is 1. The fourth-order valence-electron chi connectivity index (χ4n) is 1.67. The first-order chi connectivity index (χ1) is 9.19. The molecule has 0 fully saturated rings. The maximum Gasteiger partial charge on any atom is 0.573 e. The van der Waals surface area contributed by atoms with Crippen LogP contribution in [0.5, 0.6) is 5.75 Å². The van der Waals surface area contributed by atoms with E-state index in [0.29, 0.717) is 6.54 Å². The van der Waals surface area contributed by atoms with Gasteiger partial charge in [0.1, 0.15) is 5.75 Å². The molecule has 0 spiro atoms. The van der Waals surface area contributed by atoms with Crippen LogP contribution in [-0.4, -0.2) is 35.9 Å². The number of benzene rings is 1. The number of carboxylic acid groups (broad SMARTS) is 1. The summed E-state index contributed by atoms with van der Waals surface area (Å²) in [7, 11) is 1.76. The molecule has 1 unspecified atom stereocenters. The molecule has 0 aliphatic rings. The first kappa shape index (κ1) is 16.3. The summed E-state index contributed by atoms with van der Waals surface area (Å²) in [6.45, 7) is 2.21. The zero-order valence-electron chi connectivity index (χ0n) is 11.1. The molecule has 0 aliphatic carbocycles. The summed E-state index contributed by atoms with van der Waals surface area (Å²) in [5.74, 6) is -1.17. The fourth-order valence-corrected chi connectivity index (χ4v) is 1.67. The molecule has 0 saturated heterocycles. The highest BCUT2D eigenvalue weighted by atomic mass is 19.4. The summed E-state index contributed by atoms with van der Waals surface area (Å²) in [6.07, 6.45) is -4.69. The molecule has 20 heavy (non-hydrogen) atoms. The van der Waals surface area contributed by atoms with Crippen LogP contribution in [0, 0.1) is 0 Å². The van der Waals surface area contributed by atoms with Gasteiger partial charge in [0.25, 0.3) is 0 Å². The Labute approximate surface area is 114 Å². The van der Waals surface area contributed by atoms with Gasteiger partial charge in [0.15, 0.2) is 0 Å². The molecule has 112 valence electrons. The van der Waals surface area contributed by atoms with Crippen LogP contribution < -0.4 is 4.74 Å². The molecule has 1 atom stereocenters. The van der Waals surface area contributed by atoms with Gasteiger partial charge in [-0.1, -0.05) is 12.1 Å². The number of alkyl halides is 3. The van der Waals surface area contributed by atoms with Gasteiger partial charge >= 0.3 is 12.3 Å². The summed E-state index contributed by atoms with van der Waals surface area (Å²) < 4.78 is 39.8. The highest BCUT2D eigenvalue weighted by Gasteiger charge is 2.31. The number of halogens is 3. The third-order valence-electron chi connectivity index (χ3n) is 2.94. The predicted octanol–water partition coefficient (Wildman–Crippen LogP) is 3.05. The second kappa shape index (κ2) is 6.60. The van der Waals surface area contributed by atoms with Crippen molar-refractivity contribution < 1.29 is 27.8 Å². The third kappa shape index (κ3) is 5.48. The summed E-state index contributed by atoms with van der Waals surface area (Å²) in [5, 5.41) is 8.61. The van der Waals surface area contributed by atoms with Crippen LogP contribution in [0.2, 0.25) is 0 Å². The van der Waals surface area contributed by atoms with E-state index < -0.39 is 12.3 Å². The summed E-state index contributed by atoms with van der Waals surface area (Å²) in [5.41, 5.74) is 0.785. The Bertz CT molecular complexity index is 445. The molecule has 4 nitrogen and oxygen atoms in total. The Morgan fingerprint density at radius 1 is 1.35 bits per heavy atom. The Morgan fingerprint density at radius 2 is 1.90 bits per heavy atom. The van der Waals surface area contributed by atoms with Gasteiger partial charge in [0.2, 0.25) is 0 Å². The van der Waals surface area contributed by atoms with E-state index in [4.69, 9.17) is 5.11 Å². The maximum atomic E-state index is 12.0. The van der Waals surface area contributed by atoms with E-state index >= 15 is 0 Å². The van der Waals surface area contributed by atoms with E-state index in [-0.39, 0.29) is 18.2 Å². The Hall–Kier alpha value is -1.76. The smallest absolute Gasteiger partial charge is 0.481 e. The Balaban J connectivity index is 2.65. The largest absolute Gasteiger partial charge is 0.573 e. The van der Waals surface area contributed by atoms with Crippen molar-refractivity contribution in [3.8, 4) is 5.75 Å². The van der Waals surface area contributed by atoms with Crippen molar-refractivity contribution in [1.82, 2.24) is 4.90 Å². The molecule has 0 aliphatic heterocycles. The van der Waals surface area contributed by atoms with E-state index in [1.807, 2.05) is 11.8 Å². The maximum absolute atomic E-state index is 12.0. The van der Waals surface area contributed by atoms with Crippen LogP contribution in [0.1, 0.15) is 24.9 Å². The number of nitrogens with zero attached hydrogens (tertiary/aromatic N) is 1. The molecule has 0 aromatic heterocycles. The average molecular weight is 291 g/mol. The molecule has 1 N–H and O–H groups in total. The highest BCUT2D eigenvalue weighted by molar-refractivity contribution is 5.66.